The number of esters is 1. The van der Waals surface area contributed by atoms with E-state index in [4.69, 9.17) is 13.9 Å². The highest BCUT2D eigenvalue weighted by Crippen LogP contribution is 2.36. The zero-order chi connectivity index (χ0) is 22.3. The van der Waals surface area contributed by atoms with Crippen LogP contribution in [-0.2, 0) is 14.3 Å². The molecule has 0 bridgehead atoms. The fourth-order valence-corrected chi connectivity index (χ4v) is 5.11. The summed E-state index contributed by atoms with van der Waals surface area (Å²) in [6, 6.07) is 6.97. The lowest BCUT2D eigenvalue weighted by Gasteiger charge is -2.30. The highest BCUT2D eigenvalue weighted by molar-refractivity contribution is 5.98. The number of hydrogen-bond acceptors (Lipinski definition) is 6. The molecule has 1 amide bonds. The van der Waals surface area contributed by atoms with Crippen molar-refractivity contribution in [3.8, 4) is 0 Å². The summed E-state index contributed by atoms with van der Waals surface area (Å²) in [4.78, 5) is 25.3. The largest absolute Gasteiger partial charge is 0.460 e. The molecule has 4 rings (SSSR count). The summed E-state index contributed by atoms with van der Waals surface area (Å²) in [5.74, 6) is 0.781. The molecule has 2 fully saturated rings. The Morgan fingerprint density at radius 1 is 1.09 bits per heavy atom. The molecule has 1 aromatic carbocycles. The molecule has 1 aliphatic carbocycles. The molecule has 2 aromatic rings. The van der Waals surface area contributed by atoms with E-state index in [-0.39, 0.29) is 17.7 Å². The molecule has 7 heteroatoms. The van der Waals surface area contributed by atoms with E-state index in [1.807, 2.05) is 12.1 Å². The summed E-state index contributed by atoms with van der Waals surface area (Å²) in [6.45, 7) is 1.88. The van der Waals surface area contributed by atoms with Crippen molar-refractivity contribution in [3.63, 3.8) is 0 Å². The summed E-state index contributed by atoms with van der Waals surface area (Å²) in [5, 5.41) is 7.24. The Morgan fingerprint density at radius 2 is 1.91 bits per heavy atom. The second-order valence-electron chi connectivity index (χ2n) is 8.97. The molecular formula is C25H34N2O5. The Labute approximate surface area is 189 Å². The number of rotatable bonds is 9. The first-order valence-corrected chi connectivity index (χ1v) is 11.9. The summed E-state index contributed by atoms with van der Waals surface area (Å²) in [7, 11) is 1.65. The quantitative estimate of drug-likeness (QED) is 0.439. The maximum Gasteiger partial charge on any atom is 0.374 e. The van der Waals surface area contributed by atoms with E-state index in [0.29, 0.717) is 36.3 Å². The molecule has 0 unspecified atom stereocenters. The number of fused-ring (bicyclic) bond motifs is 1. The Morgan fingerprint density at radius 3 is 2.72 bits per heavy atom. The Kier molecular flexibility index (Phi) is 7.81. The van der Waals surface area contributed by atoms with Gasteiger partial charge in [0.1, 0.15) is 5.58 Å². The summed E-state index contributed by atoms with van der Waals surface area (Å²) >= 11 is 0. The number of methoxy groups -OCH3 is 1. The molecule has 1 aliphatic heterocycles. The first kappa shape index (κ1) is 22.8. The number of anilines is 1. The van der Waals surface area contributed by atoms with Crippen LogP contribution in [0.15, 0.2) is 28.7 Å². The van der Waals surface area contributed by atoms with E-state index in [2.05, 4.69) is 10.6 Å². The molecule has 2 atom stereocenters. The van der Waals surface area contributed by atoms with Crippen LogP contribution in [0.4, 0.5) is 5.69 Å². The molecule has 0 radical (unpaired) electrons. The summed E-state index contributed by atoms with van der Waals surface area (Å²) < 4.78 is 15.9. The number of hydrogen-bond donors (Lipinski definition) is 2. The van der Waals surface area contributed by atoms with E-state index in [1.165, 1.54) is 32.1 Å². The number of carbonyl (C=O) groups is 2. The number of unbranched alkanes of at least 4 members (excludes halogenated alkanes) is 1. The number of nitrogens with one attached hydrogen (secondary N) is 2. The van der Waals surface area contributed by atoms with Crippen molar-refractivity contribution in [3.05, 3.63) is 30.0 Å². The van der Waals surface area contributed by atoms with Crippen LogP contribution in [0.25, 0.3) is 11.0 Å². The normalized spacial score (nSPS) is 21.7. The van der Waals surface area contributed by atoms with Gasteiger partial charge in [0, 0.05) is 24.8 Å². The third-order valence-corrected chi connectivity index (χ3v) is 6.77. The van der Waals surface area contributed by atoms with Gasteiger partial charge in [0.2, 0.25) is 11.7 Å². The third kappa shape index (κ3) is 5.51. The van der Waals surface area contributed by atoms with Crippen LogP contribution >= 0.6 is 0 Å². The van der Waals surface area contributed by atoms with E-state index < -0.39 is 5.97 Å². The van der Waals surface area contributed by atoms with Gasteiger partial charge >= 0.3 is 5.97 Å². The molecule has 1 saturated carbocycles. The molecule has 2 heterocycles. The van der Waals surface area contributed by atoms with Gasteiger partial charge < -0.3 is 24.5 Å². The van der Waals surface area contributed by atoms with Gasteiger partial charge in [-0.25, -0.2) is 4.79 Å². The van der Waals surface area contributed by atoms with Crippen molar-refractivity contribution < 1.29 is 23.5 Å². The van der Waals surface area contributed by atoms with Gasteiger partial charge in [-0.15, -0.1) is 0 Å². The van der Waals surface area contributed by atoms with Crippen LogP contribution in [0.3, 0.4) is 0 Å². The molecule has 32 heavy (non-hydrogen) atoms. The van der Waals surface area contributed by atoms with Crippen molar-refractivity contribution in [2.45, 2.75) is 57.4 Å². The number of ether oxygens (including phenoxy) is 2. The summed E-state index contributed by atoms with van der Waals surface area (Å²) in [5.41, 5.74) is 1.30. The van der Waals surface area contributed by atoms with Crippen LogP contribution < -0.4 is 10.6 Å². The average Bonchev–Trinajstić information content (AvgIpc) is 3.46. The monoisotopic (exact) mass is 442 g/mol. The molecule has 174 valence electrons. The Hall–Kier alpha value is -2.38. The fourth-order valence-electron chi connectivity index (χ4n) is 5.11. The molecular weight excluding hydrogens is 408 g/mol. The van der Waals surface area contributed by atoms with Crippen molar-refractivity contribution in [1.82, 2.24) is 5.32 Å². The van der Waals surface area contributed by atoms with E-state index >= 15 is 0 Å². The van der Waals surface area contributed by atoms with Crippen LogP contribution in [0.2, 0.25) is 0 Å². The predicted molar refractivity (Wildman–Crippen MR) is 123 cm³/mol. The van der Waals surface area contributed by atoms with Crippen molar-refractivity contribution in [1.29, 1.82) is 0 Å². The highest BCUT2D eigenvalue weighted by Gasteiger charge is 2.38. The minimum Gasteiger partial charge on any atom is -0.460 e. The molecule has 1 saturated heterocycles. The van der Waals surface area contributed by atoms with Gasteiger partial charge in [-0.3, -0.25) is 4.79 Å². The smallest absolute Gasteiger partial charge is 0.374 e. The van der Waals surface area contributed by atoms with Gasteiger partial charge in [-0.1, -0.05) is 32.1 Å². The van der Waals surface area contributed by atoms with Crippen molar-refractivity contribution >= 4 is 28.5 Å². The first-order valence-electron chi connectivity index (χ1n) is 11.9. The SMILES string of the molecule is COCCCCOC(=O)c1cc2cc(NC(=O)[C@@H]3NCC[C@H]3C3CCCCC3)ccc2o1. The van der Waals surface area contributed by atoms with E-state index in [1.54, 1.807) is 19.2 Å². The maximum absolute atomic E-state index is 13.0. The van der Waals surface area contributed by atoms with Crippen LogP contribution in [0.5, 0.6) is 0 Å². The van der Waals surface area contributed by atoms with Gasteiger partial charge in [-0.2, -0.15) is 0 Å². The van der Waals surface area contributed by atoms with Crippen LogP contribution in [0.1, 0.15) is 61.9 Å². The first-order chi connectivity index (χ1) is 15.7. The molecule has 2 aliphatic rings. The van der Waals surface area contributed by atoms with Crippen molar-refractivity contribution in [2.75, 3.05) is 32.2 Å². The van der Waals surface area contributed by atoms with Gasteiger partial charge in [-0.05, 0) is 61.9 Å². The zero-order valence-electron chi connectivity index (χ0n) is 18.9. The second-order valence-corrected chi connectivity index (χ2v) is 8.97. The lowest BCUT2D eigenvalue weighted by Crippen LogP contribution is -2.42. The van der Waals surface area contributed by atoms with Gasteiger partial charge in [0.25, 0.3) is 0 Å². The maximum atomic E-state index is 13.0. The summed E-state index contributed by atoms with van der Waals surface area (Å²) in [6.07, 6.45) is 9.01. The van der Waals surface area contributed by atoms with Gasteiger partial charge in [0.15, 0.2) is 0 Å². The zero-order valence-corrected chi connectivity index (χ0v) is 18.9. The van der Waals surface area contributed by atoms with E-state index in [9.17, 15) is 9.59 Å². The minimum atomic E-state index is -0.477. The lowest BCUT2D eigenvalue weighted by molar-refractivity contribution is -0.119. The number of amides is 1. The Balaban J connectivity index is 1.36. The molecule has 2 N–H and O–H groups in total. The van der Waals surface area contributed by atoms with Crippen LogP contribution in [-0.4, -0.2) is 44.8 Å². The lowest BCUT2D eigenvalue weighted by atomic mass is 9.76. The topological polar surface area (TPSA) is 89.8 Å². The Bertz CT molecular complexity index is 918. The number of carbonyl (C=O) groups excluding carboxylic acids is 2. The van der Waals surface area contributed by atoms with E-state index in [0.717, 1.165) is 31.2 Å². The highest BCUT2D eigenvalue weighted by atomic mass is 16.5. The standard InChI is InChI=1S/C25H34N2O5/c1-30-13-5-6-14-31-25(29)22-16-18-15-19(9-10-21(18)32-22)27-24(28)23-20(11-12-26-23)17-7-3-2-4-8-17/h9-10,15-17,20,23,26H,2-8,11-14H2,1H3,(H,27,28)/t20-,23+/m0/s1. The second kappa shape index (κ2) is 11.0. The van der Waals surface area contributed by atoms with Crippen LogP contribution in [0, 0.1) is 11.8 Å². The molecule has 0 spiro atoms. The fraction of sp³-hybridized carbons (Fsp3) is 0.600. The predicted octanol–water partition coefficient (Wildman–Crippen LogP) is 4.51. The molecule has 7 nitrogen and oxygen atoms in total. The number of furan rings is 1. The molecule has 1 aromatic heterocycles. The minimum absolute atomic E-state index is 0.0246. The van der Waals surface area contributed by atoms with Crippen molar-refractivity contribution in [2.24, 2.45) is 11.8 Å². The van der Waals surface area contributed by atoms with Gasteiger partial charge in [0.05, 0.1) is 12.6 Å². The number of benzene rings is 1. The third-order valence-electron chi connectivity index (χ3n) is 6.77. The average molecular weight is 443 g/mol.